The molecule has 21 heavy (non-hydrogen) atoms. The van der Waals surface area contributed by atoms with Crippen molar-refractivity contribution in [1.82, 2.24) is 10.1 Å². The number of nitrogens with two attached hydrogens (primary N) is 1. The van der Waals surface area contributed by atoms with E-state index in [1.165, 1.54) is 0 Å². The van der Waals surface area contributed by atoms with Gasteiger partial charge in [0.1, 0.15) is 5.75 Å². The number of benzene rings is 1. The first-order valence-electron chi connectivity index (χ1n) is 6.74. The molecule has 0 fully saturated rings. The number of rotatable bonds is 5. The zero-order chi connectivity index (χ0) is 14.7. The molecule has 1 aromatic heterocycles. The van der Waals surface area contributed by atoms with Gasteiger partial charge < -0.3 is 19.7 Å². The molecule has 7 heteroatoms. The van der Waals surface area contributed by atoms with Crippen molar-refractivity contribution in [2.24, 2.45) is 5.73 Å². The van der Waals surface area contributed by atoms with Gasteiger partial charge in [0, 0.05) is 24.4 Å². The van der Waals surface area contributed by atoms with Crippen LogP contribution < -0.4 is 10.5 Å². The lowest BCUT2D eigenvalue weighted by Gasteiger charge is -2.22. The van der Waals surface area contributed by atoms with Crippen molar-refractivity contribution in [1.29, 1.82) is 0 Å². The molecule has 1 aliphatic heterocycles. The van der Waals surface area contributed by atoms with Gasteiger partial charge in [0.15, 0.2) is 6.10 Å². The Morgan fingerprint density at radius 2 is 2.33 bits per heavy atom. The largest absolute Gasteiger partial charge is 0.480 e. The first kappa shape index (κ1) is 14.4. The number of fused-ring (bicyclic) bond motifs is 1. The maximum atomic E-state index is 5.98. The van der Waals surface area contributed by atoms with Crippen molar-refractivity contribution < 1.29 is 14.0 Å². The standard InChI is InChI=1S/C14H17N3O3S/c1-18-7-6-9(15)14-16-13(17-20-14)11-8-21-12-5-3-2-4-10(12)19-11/h2-5,9,11H,6-8,15H2,1H3. The summed E-state index contributed by atoms with van der Waals surface area (Å²) in [5.74, 6) is 2.58. The lowest BCUT2D eigenvalue weighted by Crippen LogP contribution is -2.17. The van der Waals surface area contributed by atoms with Gasteiger partial charge in [-0.2, -0.15) is 4.98 Å². The van der Waals surface area contributed by atoms with E-state index in [4.69, 9.17) is 19.7 Å². The first-order valence-corrected chi connectivity index (χ1v) is 7.73. The molecule has 0 radical (unpaired) electrons. The van der Waals surface area contributed by atoms with Crippen LogP contribution in [0.3, 0.4) is 0 Å². The molecule has 2 aromatic rings. The Morgan fingerprint density at radius 3 is 3.19 bits per heavy atom. The SMILES string of the molecule is COCCC(N)c1nc(C2CSc3ccccc3O2)no1. The number of hydrogen-bond donors (Lipinski definition) is 1. The maximum absolute atomic E-state index is 5.98. The maximum Gasteiger partial charge on any atom is 0.243 e. The molecule has 2 unspecified atom stereocenters. The zero-order valence-corrected chi connectivity index (χ0v) is 12.5. The number of ether oxygens (including phenoxy) is 2. The Bertz CT molecular complexity index is 605. The molecule has 6 nitrogen and oxygen atoms in total. The number of methoxy groups -OCH3 is 1. The third-order valence-corrected chi connectivity index (χ3v) is 4.32. The van der Waals surface area contributed by atoms with Crippen molar-refractivity contribution in [2.75, 3.05) is 19.5 Å². The summed E-state index contributed by atoms with van der Waals surface area (Å²) in [4.78, 5) is 5.50. The van der Waals surface area contributed by atoms with E-state index < -0.39 is 0 Å². The molecule has 0 saturated carbocycles. The van der Waals surface area contributed by atoms with Crippen LogP contribution in [0.1, 0.15) is 30.3 Å². The monoisotopic (exact) mass is 307 g/mol. The van der Waals surface area contributed by atoms with Gasteiger partial charge in [-0.3, -0.25) is 0 Å². The highest BCUT2D eigenvalue weighted by Gasteiger charge is 2.27. The minimum Gasteiger partial charge on any atom is -0.480 e. The Balaban J connectivity index is 1.70. The summed E-state index contributed by atoms with van der Waals surface area (Å²) in [5.41, 5.74) is 5.98. The quantitative estimate of drug-likeness (QED) is 0.907. The van der Waals surface area contributed by atoms with E-state index in [9.17, 15) is 0 Å². The number of nitrogens with zero attached hydrogens (tertiary/aromatic N) is 2. The summed E-state index contributed by atoms with van der Waals surface area (Å²) >= 11 is 1.73. The minimum absolute atomic E-state index is 0.211. The van der Waals surface area contributed by atoms with E-state index in [2.05, 4.69) is 10.1 Å². The van der Waals surface area contributed by atoms with E-state index in [0.29, 0.717) is 24.7 Å². The van der Waals surface area contributed by atoms with E-state index in [-0.39, 0.29) is 12.1 Å². The average Bonchev–Trinajstić information content (AvgIpc) is 3.02. The first-order chi connectivity index (χ1) is 10.3. The lowest BCUT2D eigenvalue weighted by atomic mass is 10.2. The van der Waals surface area contributed by atoms with Crippen LogP contribution in [-0.4, -0.2) is 29.6 Å². The fourth-order valence-corrected chi connectivity index (χ4v) is 3.02. The van der Waals surface area contributed by atoms with Gasteiger partial charge >= 0.3 is 0 Å². The van der Waals surface area contributed by atoms with Gasteiger partial charge in [0.25, 0.3) is 0 Å². The van der Waals surface area contributed by atoms with E-state index in [0.717, 1.165) is 16.4 Å². The highest BCUT2D eigenvalue weighted by atomic mass is 32.2. The summed E-state index contributed by atoms with van der Waals surface area (Å²) in [7, 11) is 1.64. The smallest absolute Gasteiger partial charge is 0.243 e. The molecule has 2 N–H and O–H groups in total. The van der Waals surface area contributed by atoms with Gasteiger partial charge in [-0.1, -0.05) is 17.3 Å². The van der Waals surface area contributed by atoms with Crippen molar-refractivity contribution in [3.63, 3.8) is 0 Å². The van der Waals surface area contributed by atoms with Crippen LogP contribution in [0.2, 0.25) is 0 Å². The van der Waals surface area contributed by atoms with Gasteiger partial charge in [0.2, 0.25) is 11.7 Å². The third kappa shape index (κ3) is 3.20. The molecule has 0 aliphatic carbocycles. The summed E-state index contributed by atoms with van der Waals surface area (Å²) in [6, 6.07) is 7.62. The van der Waals surface area contributed by atoms with E-state index in [1.54, 1.807) is 18.9 Å². The molecule has 0 saturated heterocycles. The van der Waals surface area contributed by atoms with Crippen LogP contribution in [-0.2, 0) is 4.74 Å². The molecule has 112 valence electrons. The summed E-state index contributed by atoms with van der Waals surface area (Å²) in [6.45, 7) is 0.558. The minimum atomic E-state index is -0.310. The van der Waals surface area contributed by atoms with Crippen molar-refractivity contribution in [3.05, 3.63) is 36.0 Å². The van der Waals surface area contributed by atoms with Crippen molar-refractivity contribution >= 4 is 11.8 Å². The average molecular weight is 307 g/mol. The zero-order valence-electron chi connectivity index (χ0n) is 11.7. The van der Waals surface area contributed by atoms with Crippen molar-refractivity contribution in [2.45, 2.75) is 23.5 Å². The molecular formula is C14H17N3O3S. The number of hydrogen-bond acceptors (Lipinski definition) is 7. The Labute approximate surface area is 127 Å². The fourth-order valence-electron chi connectivity index (χ4n) is 2.04. The predicted molar refractivity (Wildman–Crippen MR) is 78.3 cm³/mol. The summed E-state index contributed by atoms with van der Waals surface area (Å²) in [5, 5.41) is 4.00. The summed E-state index contributed by atoms with van der Waals surface area (Å²) < 4.78 is 16.2. The van der Waals surface area contributed by atoms with Crippen LogP contribution in [0.4, 0.5) is 0 Å². The second-order valence-electron chi connectivity index (χ2n) is 4.74. The molecule has 2 heterocycles. The second-order valence-corrected chi connectivity index (χ2v) is 5.80. The highest BCUT2D eigenvalue weighted by molar-refractivity contribution is 7.99. The van der Waals surface area contributed by atoms with E-state index >= 15 is 0 Å². The normalized spacial score (nSPS) is 18.9. The van der Waals surface area contributed by atoms with E-state index in [1.807, 2.05) is 24.3 Å². The number of thioether (sulfide) groups is 1. The number of para-hydroxylation sites is 1. The molecule has 3 rings (SSSR count). The Hall–Kier alpha value is -1.57. The molecule has 0 spiro atoms. The van der Waals surface area contributed by atoms with Gasteiger partial charge in [0.05, 0.1) is 6.04 Å². The molecule has 2 atom stereocenters. The lowest BCUT2D eigenvalue weighted by molar-refractivity contribution is 0.182. The van der Waals surface area contributed by atoms with Crippen molar-refractivity contribution in [3.8, 4) is 5.75 Å². The van der Waals surface area contributed by atoms with Crippen LogP contribution in [0.25, 0.3) is 0 Å². The van der Waals surface area contributed by atoms with Gasteiger partial charge in [-0.25, -0.2) is 0 Å². The Morgan fingerprint density at radius 1 is 1.48 bits per heavy atom. The van der Waals surface area contributed by atoms with Gasteiger partial charge in [-0.15, -0.1) is 11.8 Å². The predicted octanol–water partition coefficient (Wildman–Crippen LogP) is 2.33. The van der Waals surface area contributed by atoms with Crippen LogP contribution in [0, 0.1) is 0 Å². The molecule has 1 aliphatic rings. The topological polar surface area (TPSA) is 83.4 Å². The molecule has 0 amide bonds. The molecular weight excluding hydrogens is 290 g/mol. The van der Waals surface area contributed by atoms with Crippen LogP contribution in [0.5, 0.6) is 5.75 Å². The third-order valence-electron chi connectivity index (χ3n) is 3.20. The second kappa shape index (κ2) is 6.46. The highest BCUT2D eigenvalue weighted by Crippen LogP contribution is 2.39. The fraction of sp³-hybridized carbons (Fsp3) is 0.429. The summed E-state index contributed by atoms with van der Waals surface area (Å²) in [6.07, 6.45) is 0.429. The van der Waals surface area contributed by atoms with Gasteiger partial charge in [-0.05, 0) is 18.6 Å². The number of aromatic nitrogens is 2. The molecule has 1 aromatic carbocycles. The Kier molecular flexibility index (Phi) is 4.42. The molecule has 0 bridgehead atoms. The van der Waals surface area contributed by atoms with Crippen LogP contribution in [0.15, 0.2) is 33.7 Å². The van der Waals surface area contributed by atoms with Crippen LogP contribution >= 0.6 is 11.8 Å².